The van der Waals surface area contributed by atoms with Gasteiger partial charge in [-0.05, 0) is 13.1 Å². The Balaban J connectivity index is 7.40. The van der Waals surface area contributed by atoms with Crippen LogP contribution in [0.2, 0.25) is 13.1 Å². The highest BCUT2D eigenvalue weighted by Crippen LogP contribution is 2.54. The van der Waals surface area contributed by atoms with E-state index in [1.54, 1.807) is 0 Å². The zero-order chi connectivity index (χ0) is 25.9. The van der Waals surface area contributed by atoms with Gasteiger partial charge in [-0.3, -0.25) is 0 Å². The van der Waals surface area contributed by atoms with Gasteiger partial charge in [-0.2, -0.15) is 79.0 Å². The van der Waals surface area contributed by atoms with E-state index in [2.05, 4.69) is 8.23 Å². The van der Waals surface area contributed by atoms with Crippen LogP contribution in [-0.2, 0) is 8.23 Å². The van der Waals surface area contributed by atoms with Crippen molar-refractivity contribution in [3.63, 3.8) is 0 Å². The molecule has 0 atom stereocenters. The molecule has 0 aliphatic heterocycles. The van der Waals surface area contributed by atoms with Crippen LogP contribution in [0.5, 0.6) is 0 Å². The normalized spacial score (nSPS) is 16.6. The summed E-state index contributed by atoms with van der Waals surface area (Å²) in [6.07, 6.45) is 0. The fourth-order valence-corrected chi connectivity index (χ4v) is 11.3. The Hall–Kier alpha value is -0.689. The Labute approximate surface area is 161 Å². The van der Waals surface area contributed by atoms with Crippen LogP contribution in [0.25, 0.3) is 0 Å². The van der Waals surface area contributed by atoms with E-state index in [-0.39, 0.29) is 0 Å². The van der Waals surface area contributed by atoms with E-state index in [4.69, 9.17) is 0 Å². The van der Waals surface area contributed by atoms with Crippen LogP contribution in [0.15, 0.2) is 0 Å². The zero-order valence-corrected chi connectivity index (χ0v) is 17.1. The Morgan fingerprint density at radius 1 is 0.355 bits per heavy atom. The molecule has 0 amide bonds. The largest absolute Gasteiger partial charge is 0.554 e. The van der Waals surface area contributed by atoms with Crippen LogP contribution >= 0.6 is 0 Å². The molecule has 0 aliphatic carbocycles. The lowest BCUT2D eigenvalue weighted by molar-refractivity contribution is -0.177. The van der Waals surface area contributed by atoms with Gasteiger partial charge < -0.3 is 8.23 Å². The van der Waals surface area contributed by atoms with E-state index in [0.29, 0.717) is 0 Å². The number of hydrogen-bond donors (Lipinski definition) is 0. The summed E-state index contributed by atoms with van der Waals surface area (Å²) in [5.41, 5.74) is 0. The second-order valence-corrected chi connectivity index (χ2v) is 16.3. The summed E-state index contributed by atoms with van der Waals surface area (Å²) in [4.78, 5) is 0. The lowest BCUT2D eigenvalue weighted by Crippen LogP contribution is -2.81. The van der Waals surface area contributed by atoms with Crippen LogP contribution < -0.4 is 0 Å². The zero-order valence-electron chi connectivity index (χ0n) is 14.1. The molecular formula is C8H6F18O2Si3. The molecule has 0 bridgehead atoms. The van der Waals surface area contributed by atoms with E-state index < -0.39 is 73.1 Å². The first-order chi connectivity index (χ1) is 12.9. The van der Waals surface area contributed by atoms with Gasteiger partial charge >= 0.3 is 60.0 Å². The molecule has 188 valence electrons. The molecule has 0 rings (SSSR count). The maximum atomic E-state index is 13.2. The lowest BCUT2D eigenvalue weighted by Gasteiger charge is -2.45. The predicted molar refractivity (Wildman–Crippen MR) is 67.5 cm³/mol. The van der Waals surface area contributed by atoms with Gasteiger partial charge in [-0.25, -0.2) is 0 Å². The van der Waals surface area contributed by atoms with Crippen molar-refractivity contribution >= 4 is 25.2 Å². The number of halogens is 18. The van der Waals surface area contributed by atoms with Crippen molar-refractivity contribution in [2.75, 3.05) is 0 Å². The number of hydrogen-bond acceptors (Lipinski definition) is 2. The van der Waals surface area contributed by atoms with Crippen LogP contribution in [0.3, 0.4) is 0 Å². The molecule has 0 saturated heterocycles. The minimum absolute atomic E-state index is 1.34. The molecule has 0 saturated carbocycles. The minimum Gasteiger partial charge on any atom is -0.412 e. The van der Waals surface area contributed by atoms with Crippen LogP contribution in [-0.4, -0.2) is 60.0 Å². The van der Waals surface area contributed by atoms with Gasteiger partial charge in [0.15, 0.2) is 0 Å². The molecule has 0 unspecified atom stereocenters. The average molecular weight is 560 g/mol. The molecule has 0 fully saturated rings. The van der Waals surface area contributed by atoms with E-state index in [9.17, 15) is 79.0 Å². The molecule has 0 aromatic heterocycles. The van der Waals surface area contributed by atoms with Gasteiger partial charge in [0.25, 0.3) is 0 Å². The van der Waals surface area contributed by atoms with Crippen LogP contribution in [0.4, 0.5) is 79.0 Å². The van der Waals surface area contributed by atoms with E-state index >= 15 is 0 Å². The molecule has 23 heteroatoms. The molecule has 0 spiro atoms. The summed E-state index contributed by atoms with van der Waals surface area (Å²) in [6.45, 7) is -2.68. The smallest absolute Gasteiger partial charge is 0.412 e. The number of rotatable bonds is 4. The van der Waals surface area contributed by atoms with Crippen LogP contribution in [0, 0.1) is 0 Å². The van der Waals surface area contributed by atoms with Crippen molar-refractivity contribution in [2.24, 2.45) is 0 Å². The van der Waals surface area contributed by atoms with E-state index in [1.807, 2.05) is 0 Å². The highest BCUT2D eigenvalue weighted by Gasteiger charge is 2.90. The molecular weight excluding hydrogens is 554 g/mol. The van der Waals surface area contributed by atoms with Gasteiger partial charge in [-0.15, -0.1) is 0 Å². The average Bonchev–Trinajstić information content (AvgIpc) is 2.38. The molecule has 0 radical (unpaired) electrons. The summed E-state index contributed by atoms with van der Waals surface area (Å²) in [6, 6.07) is 0. The summed E-state index contributed by atoms with van der Waals surface area (Å²) in [5.74, 6) is -43.7. The second kappa shape index (κ2) is 7.68. The topological polar surface area (TPSA) is 18.5 Å². The SMILES string of the molecule is C[Si](O[Si](O[Si](C)(C(F)(F)F)C(F)(F)F)(C(F)(F)F)C(F)(F)F)(C(F)(F)F)C(F)(F)F. The standard InChI is InChI=1S/C8H6F18O2Si3/c1-29(3(9,10)11,4(12,13)14)27-31(7(21,22)23,8(24,25)26)28-30(2,5(15,16)17)6(18,19)20/h1-2H3. The fraction of sp³-hybridized carbons (Fsp3) is 1.00. The van der Waals surface area contributed by atoms with Gasteiger partial charge in [0.1, 0.15) is 0 Å². The maximum absolute atomic E-state index is 13.2. The van der Waals surface area contributed by atoms with Gasteiger partial charge in [0.2, 0.25) is 0 Å². The summed E-state index contributed by atoms with van der Waals surface area (Å²) >= 11 is 0. The Morgan fingerprint density at radius 2 is 0.516 bits per heavy atom. The van der Waals surface area contributed by atoms with Crippen molar-refractivity contribution in [1.29, 1.82) is 0 Å². The molecule has 0 aromatic carbocycles. The molecule has 0 aliphatic rings. The number of alkyl halides is 18. The highest BCUT2D eigenvalue weighted by molar-refractivity contribution is 6.93. The molecule has 0 N–H and O–H groups in total. The molecule has 31 heavy (non-hydrogen) atoms. The minimum atomic E-state index is -9.67. The Kier molecular flexibility index (Phi) is 7.51. The van der Waals surface area contributed by atoms with Crippen molar-refractivity contribution in [3.8, 4) is 0 Å². The first kappa shape index (κ1) is 30.3. The van der Waals surface area contributed by atoms with Gasteiger partial charge in [0, 0.05) is 0 Å². The monoisotopic (exact) mass is 560 g/mol. The second-order valence-electron chi connectivity index (χ2n) is 5.87. The van der Waals surface area contributed by atoms with Crippen LogP contribution in [0.1, 0.15) is 0 Å². The first-order valence-electron chi connectivity index (χ1n) is 6.72. The Morgan fingerprint density at radius 3 is 0.613 bits per heavy atom. The molecule has 0 heterocycles. The summed E-state index contributed by atoms with van der Waals surface area (Å²) in [7, 11) is -26.5. The maximum Gasteiger partial charge on any atom is 0.554 e. The predicted octanol–water partition coefficient (Wildman–Crippen LogP) is 6.22. The van der Waals surface area contributed by atoms with Crippen molar-refractivity contribution in [2.45, 2.75) is 47.9 Å². The van der Waals surface area contributed by atoms with Crippen molar-refractivity contribution < 1.29 is 87.3 Å². The third-order valence-electron chi connectivity index (χ3n) is 3.61. The van der Waals surface area contributed by atoms with Crippen molar-refractivity contribution in [1.82, 2.24) is 0 Å². The highest BCUT2D eigenvalue weighted by atomic mass is 28.5. The third kappa shape index (κ3) is 5.13. The lowest BCUT2D eigenvalue weighted by atomic mass is 11.5. The fourth-order valence-electron chi connectivity index (χ4n) is 1.54. The van der Waals surface area contributed by atoms with Gasteiger partial charge in [-0.1, -0.05) is 0 Å². The van der Waals surface area contributed by atoms with E-state index in [1.165, 1.54) is 0 Å². The van der Waals surface area contributed by atoms with E-state index in [0.717, 1.165) is 0 Å². The molecule has 2 nitrogen and oxygen atoms in total. The Bertz CT molecular complexity index is 551. The van der Waals surface area contributed by atoms with Gasteiger partial charge in [0.05, 0.1) is 0 Å². The quantitative estimate of drug-likeness (QED) is 0.300. The first-order valence-corrected chi connectivity index (χ1v) is 13.4. The third-order valence-corrected chi connectivity index (χ3v) is 15.0. The summed E-state index contributed by atoms with van der Waals surface area (Å²) < 4.78 is 238. The molecule has 0 aromatic rings. The van der Waals surface area contributed by atoms with Crippen molar-refractivity contribution in [3.05, 3.63) is 0 Å². The summed E-state index contributed by atoms with van der Waals surface area (Å²) in [5, 5.41) is 0.